The Morgan fingerprint density at radius 2 is 1.92 bits per heavy atom. The Labute approximate surface area is 143 Å². The van der Waals surface area contributed by atoms with Crippen LogP contribution in [0.15, 0.2) is 30.3 Å². The Bertz CT molecular complexity index is 528. The number of rotatable bonds is 6. The molecule has 1 fully saturated rings. The first-order valence-corrected chi connectivity index (χ1v) is 8.59. The number of piperidine rings is 1. The summed E-state index contributed by atoms with van der Waals surface area (Å²) in [4.78, 5) is 25.4. The summed E-state index contributed by atoms with van der Waals surface area (Å²) >= 11 is 0. The van der Waals surface area contributed by atoms with Crippen LogP contribution in [0.3, 0.4) is 0 Å². The molecular weight excluding hydrogens is 306 g/mol. The molecule has 0 bridgehead atoms. The zero-order valence-electron chi connectivity index (χ0n) is 14.5. The molecule has 1 aromatic rings. The summed E-state index contributed by atoms with van der Waals surface area (Å²) in [6, 6.07) is 10.3. The molecule has 1 aromatic carbocycles. The molecule has 0 aromatic heterocycles. The second kappa shape index (κ2) is 9.27. The van der Waals surface area contributed by atoms with Gasteiger partial charge in [0.25, 0.3) is 0 Å². The van der Waals surface area contributed by atoms with Gasteiger partial charge >= 0.3 is 6.09 Å². The molecule has 0 spiro atoms. The fourth-order valence-corrected chi connectivity index (χ4v) is 2.81. The molecule has 6 heteroatoms. The highest BCUT2D eigenvalue weighted by Gasteiger charge is 2.24. The SMILES string of the molecule is CCOC(=O)N1CCC(NC(=O)CN[C@H](C)c2ccccc2)CC1. The van der Waals surface area contributed by atoms with Crippen LogP contribution in [0.4, 0.5) is 4.79 Å². The van der Waals surface area contributed by atoms with Crippen LogP contribution in [0.2, 0.25) is 0 Å². The first-order valence-electron chi connectivity index (χ1n) is 8.59. The van der Waals surface area contributed by atoms with Gasteiger partial charge in [-0.25, -0.2) is 4.79 Å². The molecule has 1 saturated heterocycles. The number of amides is 2. The topological polar surface area (TPSA) is 70.7 Å². The van der Waals surface area contributed by atoms with Crippen molar-refractivity contribution in [3.8, 4) is 0 Å². The lowest BCUT2D eigenvalue weighted by atomic mass is 10.1. The first-order chi connectivity index (χ1) is 11.6. The molecule has 2 N–H and O–H groups in total. The van der Waals surface area contributed by atoms with Gasteiger partial charge in [0, 0.05) is 25.2 Å². The lowest BCUT2D eigenvalue weighted by Gasteiger charge is -2.31. The third-order valence-electron chi connectivity index (χ3n) is 4.25. The van der Waals surface area contributed by atoms with Crippen LogP contribution in [0.5, 0.6) is 0 Å². The Morgan fingerprint density at radius 1 is 1.25 bits per heavy atom. The Balaban J connectivity index is 1.67. The summed E-state index contributed by atoms with van der Waals surface area (Å²) in [5, 5.41) is 6.27. The number of likely N-dealkylation sites (tertiary alicyclic amines) is 1. The van der Waals surface area contributed by atoms with Crippen LogP contribution in [0.1, 0.15) is 38.3 Å². The van der Waals surface area contributed by atoms with E-state index in [1.54, 1.807) is 11.8 Å². The number of hydrogen-bond donors (Lipinski definition) is 2. The predicted octanol–water partition coefficient (Wildman–Crippen LogP) is 2.07. The molecule has 1 heterocycles. The summed E-state index contributed by atoms with van der Waals surface area (Å²) in [6.45, 7) is 5.76. The van der Waals surface area contributed by atoms with Gasteiger partial charge in [-0.15, -0.1) is 0 Å². The van der Waals surface area contributed by atoms with E-state index in [1.807, 2.05) is 37.3 Å². The van der Waals surface area contributed by atoms with Crippen LogP contribution in [-0.4, -0.2) is 49.2 Å². The molecule has 0 radical (unpaired) electrons. The average Bonchev–Trinajstić information content (AvgIpc) is 2.61. The summed E-state index contributed by atoms with van der Waals surface area (Å²) < 4.78 is 4.99. The zero-order valence-corrected chi connectivity index (χ0v) is 14.5. The molecule has 0 unspecified atom stereocenters. The van der Waals surface area contributed by atoms with Crippen molar-refractivity contribution >= 4 is 12.0 Å². The van der Waals surface area contributed by atoms with Crippen LogP contribution < -0.4 is 10.6 Å². The highest BCUT2D eigenvalue weighted by Crippen LogP contribution is 2.12. The number of ether oxygens (including phenoxy) is 1. The molecule has 1 atom stereocenters. The van der Waals surface area contributed by atoms with Crippen molar-refractivity contribution in [1.29, 1.82) is 0 Å². The van der Waals surface area contributed by atoms with E-state index in [2.05, 4.69) is 10.6 Å². The molecule has 0 aliphatic carbocycles. The minimum Gasteiger partial charge on any atom is -0.450 e. The summed E-state index contributed by atoms with van der Waals surface area (Å²) in [5.41, 5.74) is 1.16. The van der Waals surface area contributed by atoms with Crippen molar-refractivity contribution in [2.24, 2.45) is 0 Å². The molecular formula is C18H27N3O3. The van der Waals surface area contributed by atoms with Crippen LogP contribution in [0.25, 0.3) is 0 Å². The van der Waals surface area contributed by atoms with Crippen molar-refractivity contribution in [2.75, 3.05) is 26.2 Å². The van der Waals surface area contributed by atoms with Gasteiger partial charge in [-0.2, -0.15) is 0 Å². The third-order valence-corrected chi connectivity index (χ3v) is 4.25. The molecule has 1 aliphatic rings. The van der Waals surface area contributed by atoms with Crippen molar-refractivity contribution in [3.63, 3.8) is 0 Å². The smallest absolute Gasteiger partial charge is 0.409 e. The maximum absolute atomic E-state index is 12.1. The van der Waals surface area contributed by atoms with E-state index in [9.17, 15) is 9.59 Å². The number of benzene rings is 1. The van der Waals surface area contributed by atoms with E-state index in [-0.39, 0.29) is 30.6 Å². The Kier molecular flexibility index (Phi) is 7.06. The lowest BCUT2D eigenvalue weighted by Crippen LogP contribution is -2.48. The maximum atomic E-state index is 12.1. The van der Waals surface area contributed by atoms with Gasteiger partial charge in [0.05, 0.1) is 13.2 Å². The molecule has 24 heavy (non-hydrogen) atoms. The summed E-state index contributed by atoms with van der Waals surface area (Å²) in [7, 11) is 0. The summed E-state index contributed by atoms with van der Waals surface area (Å²) in [5.74, 6) is -0.00707. The molecule has 2 rings (SSSR count). The van der Waals surface area contributed by atoms with Crippen molar-refractivity contribution in [3.05, 3.63) is 35.9 Å². The first kappa shape index (κ1) is 18.3. The molecule has 6 nitrogen and oxygen atoms in total. The van der Waals surface area contributed by atoms with Gasteiger partial charge in [0.15, 0.2) is 0 Å². The van der Waals surface area contributed by atoms with Gasteiger partial charge in [0.1, 0.15) is 0 Å². The monoisotopic (exact) mass is 333 g/mol. The van der Waals surface area contributed by atoms with E-state index in [4.69, 9.17) is 4.74 Å². The lowest BCUT2D eigenvalue weighted by molar-refractivity contribution is -0.121. The second-order valence-corrected chi connectivity index (χ2v) is 6.04. The fourth-order valence-electron chi connectivity index (χ4n) is 2.81. The van der Waals surface area contributed by atoms with Gasteiger partial charge in [-0.05, 0) is 32.3 Å². The second-order valence-electron chi connectivity index (χ2n) is 6.04. The number of nitrogens with zero attached hydrogens (tertiary/aromatic N) is 1. The van der Waals surface area contributed by atoms with E-state index >= 15 is 0 Å². The Hall–Kier alpha value is -2.08. The van der Waals surface area contributed by atoms with Crippen LogP contribution in [-0.2, 0) is 9.53 Å². The molecule has 0 saturated carbocycles. The van der Waals surface area contributed by atoms with E-state index in [0.29, 0.717) is 19.7 Å². The third kappa shape index (κ3) is 5.53. The van der Waals surface area contributed by atoms with Gasteiger partial charge in [0.2, 0.25) is 5.91 Å². The molecule has 1 aliphatic heterocycles. The van der Waals surface area contributed by atoms with E-state index < -0.39 is 0 Å². The van der Waals surface area contributed by atoms with E-state index in [0.717, 1.165) is 18.4 Å². The normalized spacial score (nSPS) is 16.5. The van der Waals surface area contributed by atoms with Crippen molar-refractivity contribution in [2.45, 2.75) is 38.8 Å². The van der Waals surface area contributed by atoms with Gasteiger partial charge < -0.3 is 20.3 Å². The minimum atomic E-state index is -0.263. The van der Waals surface area contributed by atoms with E-state index in [1.165, 1.54) is 0 Å². The quantitative estimate of drug-likeness (QED) is 0.836. The fraction of sp³-hybridized carbons (Fsp3) is 0.556. The highest BCUT2D eigenvalue weighted by atomic mass is 16.6. The minimum absolute atomic E-state index is 0.00707. The molecule has 132 valence electrons. The van der Waals surface area contributed by atoms with Gasteiger partial charge in [-0.3, -0.25) is 4.79 Å². The maximum Gasteiger partial charge on any atom is 0.409 e. The van der Waals surface area contributed by atoms with Crippen LogP contribution in [0, 0.1) is 0 Å². The largest absolute Gasteiger partial charge is 0.450 e. The summed E-state index contributed by atoms with van der Waals surface area (Å²) in [6.07, 6.45) is 1.26. The predicted molar refractivity (Wildman–Crippen MR) is 92.6 cm³/mol. The zero-order chi connectivity index (χ0) is 17.4. The van der Waals surface area contributed by atoms with Crippen molar-refractivity contribution in [1.82, 2.24) is 15.5 Å². The van der Waals surface area contributed by atoms with Crippen LogP contribution >= 0.6 is 0 Å². The average molecular weight is 333 g/mol. The van der Waals surface area contributed by atoms with Crippen molar-refractivity contribution < 1.29 is 14.3 Å². The standard InChI is InChI=1S/C18H27N3O3/c1-3-24-18(23)21-11-9-16(10-12-21)20-17(22)13-19-14(2)15-7-5-4-6-8-15/h4-8,14,16,19H,3,9-13H2,1-2H3,(H,20,22)/t14-/m1/s1. The number of carbonyl (C=O) groups excluding carboxylic acids is 2. The highest BCUT2D eigenvalue weighted by molar-refractivity contribution is 5.78. The number of carbonyl (C=O) groups is 2. The number of nitrogens with one attached hydrogen (secondary N) is 2. The van der Waals surface area contributed by atoms with Gasteiger partial charge in [-0.1, -0.05) is 30.3 Å². The number of hydrogen-bond acceptors (Lipinski definition) is 4. The Morgan fingerprint density at radius 3 is 2.54 bits per heavy atom. The molecule has 2 amide bonds.